The molecule has 2 aromatic carbocycles. The van der Waals surface area contributed by atoms with E-state index in [0.717, 1.165) is 16.5 Å². The minimum absolute atomic E-state index is 0.279. The molecule has 0 atom stereocenters. The van der Waals surface area contributed by atoms with Gasteiger partial charge in [-0.3, -0.25) is 0 Å². The molecule has 0 unspecified atom stereocenters. The molecule has 0 saturated heterocycles. The molecule has 0 N–H and O–H groups in total. The highest BCUT2D eigenvalue weighted by atomic mass is 35.5. The van der Waals surface area contributed by atoms with Crippen LogP contribution in [0, 0.1) is 5.82 Å². The lowest BCUT2D eigenvalue weighted by atomic mass is 10.0. The summed E-state index contributed by atoms with van der Waals surface area (Å²) in [6.07, 6.45) is 0.634. The third-order valence-corrected chi connectivity index (χ3v) is 3.69. The van der Waals surface area contributed by atoms with Crippen LogP contribution in [-0.2, 0) is 6.42 Å². The monoisotopic (exact) mass is 305 g/mol. The van der Waals surface area contributed by atoms with Crippen molar-refractivity contribution in [2.45, 2.75) is 6.42 Å². The first-order valence-corrected chi connectivity index (χ1v) is 6.86. The van der Waals surface area contributed by atoms with Crippen LogP contribution in [0.2, 0.25) is 10.2 Å². The smallest absolute Gasteiger partial charge is 0.133 e. The van der Waals surface area contributed by atoms with Crippen molar-refractivity contribution in [2.75, 3.05) is 0 Å². The number of pyridine rings is 1. The van der Waals surface area contributed by atoms with Gasteiger partial charge in [-0.2, -0.15) is 0 Å². The third-order valence-electron chi connectivity index (χ3n) is 3.11. The highest BCUT2D eigenvalue weighted by molar-refractivity contribution is 6.31. The SMILES string of the molecule is Fc1ccc2nc(Cl)c(Cc3ccc(Cl)cc3)cc2c1. The number of benzene rings is 2. The second kappa shape index (κ2) is 5.39. The first-order valence-electron chi connectivity index (χ1n) is 6.11. The third kappa shape index (κ3) is 2.77. The zero-order valence-corrected chi connectivity index (χ0v) is 11.9. The van der Waals surface area contributed by atoms with Gasteiger partial charge in [0.05, 0.1) is 5.52 Å². The summed E-state index contributed by atoms with van der Waals surface area (Å²) in [5, 5.41) is 1.89. The van der Waals surface area contributed by atoms with Gasteiger partial charge in [0, 0.05) is 16.8 Å². The maximum atomic E-state index is 13.3. The fourth-order valence-electron chi connectivity index (χ4n) is 2.11. The van der Waals surface area contributed by atoms with Crippen LogP contribution in [0.3, 0.4) is 0 Å². The minimum Gasteiger partial charge on any atom is -0.236 e. The van der Waals surface area contributed by atoms with Crippen LogP contribution >= 0.6 is 23.2 Å². The molecule has 0 saturated carbocycles. The summed E-state index contributed by atoms with van der Waals surface area (Å²) in [7, 11) is 0. The van der Waals surface area contributed by atoms with Gasteiger partial charge in [0.2, 0.25) is 0 Å². The topological polar surface area (TPSA) is 12.9 Å². The van der Waals surface area contributed by atoms with E-state index >= 15 is 0 Å². The number of halogens is 3. The summed E-state index contributed by atoms with van der Waals surface area (Å²) in [5.41, 5.74) is 2.64. The normalized spacial score (nSPS) is 10.9. The lowest BCUT2D eigenvalue weighted by molar-refractivity contribution is 0.629. The van der Waals surface area contributed by atoms with Gasteiger partial charge in [-0.15, -0.1) is 0 Å². The Kier molecular flexibility index (Phi) is 3.60. The summed E-state index contributed by atoms with van der Waals surface area (Å²) >= 11 is 12.1. The van der Waals surface area contributed by atoms with E-state index in [4.69, 9.17) is 23.2 Å². The molecule has 1 aromatic heterocycles. The summed E-state index contributed by atoms with van der Waals surface area (Å²) in [5.74, 6) is -0.279. The Hall–Kier alpha value is -1.64. The van der Waals surface area contributed by atoms with Crippen LogP contribution in [-0.4, -0.2) is 4.98 Å². The first-order chi connectivity index (χ1) is 9.61. The van der Waals surface area contributed by atoms with Gasteiger partial charge in [0.25, 0.3) is 0 Å². The van der Waals surface area contributed by atoms with Gasteiger partial charge < -0.3 is 0 Å². The second-order valence-corrected chi connectivity index (χ2v) is 5.37. The lowest BCUT2D eigenvalue weighted by Crippen LogP contribution is -1.93. The molecule has 4 heteroatoms. The molecule has 0 spiro atoms. The molecule has 20 heavy (non-hydrogen) atoms. The number of nitrogens with zero attached hydrogens (tertiary/aromatic N) is 1. The van der Waals surface area contributed by atoms with Gasteiger partial charge in [-0.25, -0.2) is 9.37 Å². The average molecular weight is 306 g/mol. The Labute approximate surface area is 126 Å². The molecule has 0 amide bonds. The van der Waals surface area contributed by atoms with Crippen LogP contribution in [0.25, 0.3) is 10.9 Å². The van der Waals surface area contributed by atoms with Gasteiger partial charge in [-0.05, 0) is 47.5 Å². The Morgan fingerprint density at radius 2 is 1.70 bits per heavy atom. The molecule has 3 rings (SSSR count). The quantitative estimate of drug-likeness (QED) is 0.588. The Balaban J connectivity index is 2.02. The summed E-state index contributed by atoms with van der Waals surface area (Å²) < 4.78 is 13.3. The maximum absolute atomic E-state index is 13.3. The van der Waals surface area contributed by atoms with E-state index in [0.29, 0.717) is 22.1 Å². The average Bonchev–Trinajstić information content (AvgIpc) is 2.42. The van der Waals surface area contributed by atoms with Crippen molar-refractivity contribution in [3.8, 4) is 0 Å². The number of rotatable bonds is 2. The second-order valence-electron chi connectivity index (χ2n) is 4.58. The van der Waals surface area contributed by atoms with E-state index in [-0.39, 0.29) is 5.82 Å². The molecule has 0 aliphatic heterocycles. The summed E-state index contributed by atoms with van der Waals surface area (Å²) in [6, 6.07) is 13.9. The molecule has 0 radical (unpaired) electrons. The van der Waals surface area contributed by atoms with Gasteiger partial charge in [-0.1, -0.05) is 35.3 Å². The molecule has 3 aromatic rings. The van der Waals surface area contributed by atoms with Crippen molar-refractivity contribution in [3.63, 3.8) is 0 Å². The molecule has 1 heterocycles. The Morgan fingerprint density at radius 1 is 0.950 bits per heavy atom. The van der Waals surface area contributed by atoms with Crippen LogP contribution < -0.4 is 0 Å². The fourth-order valence-corrected chi connectivity index (χ4v) is 2.45. The zero-order valence-electron chi connectivity index (χ0n) is 10.4. The molecule has 100 valence electrons. The number of hydrogen-bond donors (Lipinski definition) is 0. The van der Waals surface area contributed by atoms with Gasteiger partial charge >= 0.3 is 0 Å². The van der Waals surface area contributed by atoms with Crippen molar-refractivity contribution >= 4 is 34.1 Å². The number of aromatic nitrogens is 1. The molecule has 0 bridgehead atoms. The van der Waals surface area contributed by atoms with Crippen LogP contribution in [0.1, 0.15) is 11.1 Å². The highest BCUT2D eigenvalue weighted by Crippen LogP contribution is 2.24. The van der Waals surface area contributed by atoms with Crippen LogP contribution in [0.5, 0.6) is 0 Å². The van der Waals surface area contributed by atoms with E-state index in [1.54, 1.807) is 6.07 Å². The Morgan fingerprint density at radius 3 is 2.45 bits per heavy atom. The van der Waals surface area contributed by atoms with Gasteiger partial charge in [0.1, 0.15) is 11.0 Å². The molecule has 0 aliphatic carbocycles. The first kappa shape index (κ1) is 13.3. The molecule has 0 aliphatic rings. The van der Waals surface area contributed by atoms with Crippen molar-refractivity contribution in [1.29, 1.82) is 0 Å². The largest absolute Gasteiger partial charge is 0.236 e. The van der Waals surface area contributed by atoms with Crippen molar-refractivity contribution in [1.82, 2.24) is 4.98 Å². The number of hydrogen-bond acceptors (Lipinski definition) is 1. The van der Waals surface area contributed by atoms with Crippen molar-refractivity contribution < 1.29 is 4.39 Å². The van der Waals surface area contributed by atoms with Crippen LogP contribution in [0.4, 0.5) is 4.39 Å². The maximum Gasteiger partial charge on any atom is 0.133 e. The highest BCUT2D eigenvalue weighted by Gasteiger charge is 2.07. The number of fused-ring (bicyclic) bond motifs is 1. The van der Waals surface area contributed by atoms with E-state index in [1.165, 1.54) is 12.1 Å². The standard InChI is InChI=1S/C16H10Cl2FN/c17-13-3-1-10(2-4-13)7-12-8-11-9-14(19)5-6-15(11)20-16(12)18/h1-6,8-9H,7H2. The summed E-state index contributed by atoms with van der Waals surface area (Å²) in [4.78, 5) is 4.30. The Bertz CT molecular complexity index is 769. The van der Waals surface area contributed by atoms with E-state index in [1.807, 2.05) is 30.3 Å². The summed E-state index contributed by atoms with van der Waals surface area (Å²) in [6.45, 7) is 0. The van der Waals surface area contributed by atoms with E-state index < -0.39 is 0 Å². The molecule has 1 nitrogen and oxygen atoms in total. The predicted molar refractivity (Wildman–Crippen MR) is 81.0 cm³/mol. The minimum atomic E-state index is -0.279. The molecular weight excluding hydrogens is 296 g/mol. The lowest BCUT2D eigenvalue weighted by Gasteiger charge is -2.07. The van der Waals surface area contributed by atoms with E-state index in [9.17, 15) is 4.39 Å². The van der Waals surface area contributed by atoms with Crippen molar-refractivity contribution in [2.24, 2.45) is 0 Å². The van der Waals surface area contributed by atoms with E-state index in [2.05, 4.69) is 4.98 Å². The zero-order chi connectivity index (χ0) is 14.1. The van der Waals surface area contributed by atoms with Crippen LogP contribution in [0.15, 0.2) is 48.5 Å². The fraction of sp³-hybridized carbons (Fsp3) is 0.0625. The molecular formula is C16H10Cl2FN. The predicted octanol–water partition coefficient (Wildman–Crippen LogP) is 5.27. The molecule has 0 fully saturated rings. The van der Waals surface area contributed by atoms with Crippen molar-refractivity contribution in [3.05, 3.63) is 75.7 Å². The van der Waals surface area contributed by atoms with Gasteiger partial charge in [0.15, 0.2) is 0 Å².